The van der Waals surface area contributed by atoms with Crippen molar-refractivity contribution in [2.45, 2.75) is 19.5 Å². The molecule has 1 aromatic carbocycles. The first kappa shape index (κ1) is 13.3. The average Bonchev–Trinajstić information content (AvgIpc) is 2.72. The zero-order chi connectivity index (χ0) is 13.1. The zero-order valence-corrected chi connectivity index (χ0v) is 11.6. The molecule has 0 saturated heterocycles. The molecular weight excluding hydrogens is 273 g/mol. The van der Waals surface area contributed by atoms with Crippen molar-refractivity contribution in [3.05, 3.63) is 39.6 Å². The second-order valence-corrected chi connectivity index (χ2v) is 4.81. The number of nitrogens with one attached hydrogen (secondary N) is 1. The minimum atomic E-state index is 0.0820. The quantitative estimate of drug-likeness (QED) is 0.937. The van der Waals surface area contributed by atoms with Gasteiger partial charge in [0.2, 0.25) is 0 Å². The molecule has 7 heteroatoms. The van der Waals surface area contributed by atoms with Crippen LogP contribution in [-0.2, 0) is 13.6 Å². The lowest BCUT2D eigenvalue weighted by Gasteiger charge is -2.14. The van der Waals surface area contributed by atoms with Gasteiger partial charge in [0.1, 0.15) is 0 Å². The molecule has 96 valence electrons. The van der Waals surface area contributed by atoms with Crippen LogP contribution >= 0.6 is 23.2 Å². The highest BCUT2D eigenvalue weighted by Crippen LogP contribution is 2.26. The zero-order valence-electron chi connectivity index (χ0n) is 10.1. The smallest absolute Gasteiger partial charge is 0.188 e. The molecule has 1 N–H and O–H groups in total. The van der Waals surface area contributed by atoms with Crippen LogP contribution in [0.4, 0.5) is 0 Å². The van der Waals surface area contributed by atoms with Crippen LogP contribution in [0.1, 0.15) is 24.4 Å². The number of halogens is 2. The summed E-state index contributed by atoms with van der Waals surface area (Å²) < 4.78 is 0. The normalized spacial score (nSPS) is 12.7. The molecule has 2 rings (SSSR count). The SMILES string of the molecule is CC(NCc1nnn(C)n1)c1ccc(Cl)cc1Cl. The molecule has 0 saturated carbocycles. The van der Waals surface area contributed by atoms with Crippen molar-refractivity contribution in [1.29, 1.82) is 0 Å². The Bertz CT molecular complexity index is 540. The van der Waals surface area contributed by atoms with Crippen LogP contribution in [0.3, 0.4) is 0 Å². The van der Waals surface area contributed by atoms with Crippen molar-refractivity contribution in [1.82, 2.24) is 25.5 Å². The van der Waals surface area contributed by atoms with Crippen LogP contribution in [-0.4, -0.2) is 20.2 Å². The van der Waals surface area contributed by atoms with Gasteiger partial charge in [0, 0.05) is 16.1 Å². The van der Waals surface area contributed by atoms with Crippen molar-refractivity contribution in [2.75, 3.05) is 0 Å². The van der Waals surface area contributed by atoms with E-state index in [1.54, 1.807) is 13.1 Å². The molecule has 1 aromatic heterocycles. The third kappa shape index (κ3) is 3.19. The fraction of sp³-hybridized carbons (Fsp3) is 0.364. The van der Waals surface area contributed by atoms with Crippen LogP contribution in [0, 0.1) is 0 Å². The van der Waals surface area contributed by atoms with Crippen molar-refractivity contribution < 1.29 is 0 Å². The van der Waals surface area contributed by atoms with Gasteiger partial charge in [-0.1, -0.05) is 29.3 Å². The second-order valence-electron chi connectivity index (χ2n) is 3.96. The minimum Gasteiger partial charge on any atom is -0.303 e. The predicted molar refractivity (Wildman–Crippen MR) is 70.5 cm³/mol. The summed E-state index contributed by atoms with van der Waals surface area (Å²) in [5.74, 6) is 0.648. The largest absolute Gasteiger partial charge is 0.303 e. The van der Waals surface area contributed by atoms with Gasteiger partial charge in [0.05, 0.1) is 13.6 Å². The Kier molecular flexibility index (Phi) is 4.16. The Labute approximate surface area is 115 Å². The van der Waals surface area contributed by atoms with Crippen molar-refractivity contribution in [3.8, 4) is 0 Å². The Morgan fingerprint density at radius 3 is 2.78 bits per heavy atom. The van der Waals surface area contributed by atoms with Gasteiger partial charge in [0.15, 0.2) is 5.82 Å². The number of hydrogen-bond acceptors (Lipinski definition) is 4. The minimum absolute atomic E-state index is 0.0820. The van der Waals surface area contributed by atoms with Crippen LogP contribution in [0.5, 0.6) is 0 Å². The molecular formula is C11H13Cl2N5. The highest BCUT2D eigenvalue weighted by atomic mass is 35.5. The van der Waals surface area contributed by atoms with Gasteiger partial charge in [-0.3, -0.25) is 0 Å². The van der Waals surface area contributed by atoms with E-state index in [9.17, 15) is 0 Å². The second kappa shape index (κ2) is 5.65. The van der Waals surface area contributed by atoms with E-state index in [1.807, 2.05) is 19.1 Å². The highest BCUT2D eigenvalue weighted by Gasteiger charge is 2.10. The molecule has 0 aliphatic carbocycles. The number of aromatic nitrogens is 4. The van der Waals surface area contributed by atoms with E-state index in [1.165, 1.54) is 4.80 Å². The molecule has 0 bridgehead atoms. The molecule has 2 aromatic rings. The fourth-order valence-corrected chi connectivity index (χ4v) is 2.17. The van der Waals surface area contributed by atoms with E-state index in [4.69, 9.17) is 23.2 Å². The Hall–Kier alpha value is -1.17. The molecule has 0 aliphatic rings. The number of rotatable bonds is 4. The van der Waals surface area contributed by atoms with Gasteiger partial charge < -0.3 is 5.32 Å². The number of aryl methyl sites for hydroxylation is 1. The molecule has 1 atom stereocenters. The maximum Gasteiger partial charge on any atom is 0.188 e. The molecule has 1 heterocycles. The molecule has 1 unspecified atom stereocenters. The summed E-state index contributed by atoms with van der Waals surface area (Å²) >= 11 is 12.0. The first-order valence-corrected chi connectivity index (χ1v) is 6.23. The van der Waals surface area contributed by atoms with E-state index in [0.29, 0.717) is 22.4 Å². The van der Waals surface area contributed by atoms with Crippen LogP contribution in [0.25, 0.3) is 0 Å². The van der Waals surface area contributed by atoms with Crippen molar-refractivity contribution in [2.24, 2.45) is 7.05 Å². The summed E-state index contributed by atoms with van der Waals surface area (Å²) in [5, 5.41) is 16.3. The number of tetrazole rings is 1. The van der Waals surface area contributed by atoms with Crippen LogP contribution in [0.15, 0.2) is 18.2 Å². The Morgan fingerprint density at radius 2 is 2.17 bits per heavy atom. The maximum absolute atomic E-state index is 6.14. The van der Waals surface area contributed by atoms with Gasteiger partial charge in [0.25, 0.3) is 0 Å². The Morgan fingerprint density at radius 1 is 1.39 bits per heavy atom. The standard InChI is InChI=1S/C11H13Cl2N5/c1-7(9-4-3-8(12)5-10(9)13)14-6-11-15-17-18(2)16-11/h3-5,7,14H,6H2,1-2H3. The third-order valence-electron chi connectivity index (χ3n) is 2.55. The summed E-state index contributed by atoms with van der Waals surface area (Å²) in [7, 11) is 1.73. The summed E-state index contributed by atoms with van der Waals surface area (Å²) in [6, 6.07) is 5.55. The van der Waals surface area contributed by atoms with E-state index >= 15 is 0 Å². The van der Waals surface area contributed by atoms with E-state index in [0.717, 1.165) is 5.56 Å². The topological polar surface area (TPSA) is 55.6 Å². The van der Waals surface area contributed by atoms with Crippen molar-refractivity contribution >= 4 is 23.2 Å². The molecule has 0 amide bonds. The van der Waals surface area contributed by atoms with E-state index in [-0.39, 0.29) is 6.04 Å². The molecule has 0 fully saturated rings. The van der Waals surface area contributed by atoms with Gasteiger partial charge in [-0.05, 0) is 29.8 Å². The lowest BCUT2D eigenvalue weighted by Crippen LogP contribution is -2.19. The maximum atomic E-state index is 6.14. The van der Waals surface area contributed by atoms with E-state index < -0.39 is 0 Å². The first-order valence-electron chi connectivity index (χ1n) is 5.47. The van der Waals surface area contributed by atoms with Gasteiger partial charge in [-0.25, -0.2) is 0 Å². The first-order chi connectivity index (χ1) is 8.56. The summed E-state index contributed by atoms with van der Waals surface area (Å²) in [4.78, 5) is 1.43. The van der Waals surface area contributed by atoms with E-state index in [2.05, 4.69) is 20.7 Å². The summed E-state index contributed by atoms with van der Waals surface area (Å²) in [6.07, 6.45) is 0. The third-order valence-corrected chi connectivity index (χ3v) is 3.11. The van der Waals surface area contributed by atoms with Gasteiger partial charge >= 0.3 is 0 Å². The van der Waals surface area contributed by atoms with Gasteiger partial charge in [-0.15, -0.1) is 10.2 Å². The van der Waals surface area contributed by atoms with Crippen LogP contribution < -0.4 is 5.32 Å². The number of hydrogen-bond donors (Lipinski definition) is 1. The molecule has 0 radical (unpaired) electrons. The molecule has 5 nitrogen and oxygen atoms in total. The predicted octanol–water partition coefficient (Wildman–Crippen LogP) is 2.37. The van der Waals surface area contributed by atoms with Crippen LogP contribution in [0.2, 0.25) is 10.0 Å². The summed E-state index contributed by atoms with van der Waals surface area (Å²) in [6.45, 7) is 2.56. The average molecular weight is 286 g/mol. The Balaban J connectivity index is 2.01. The lowest BCUT2D eigenvalue weighted by molar-refractivity contribution is 0.556. The fourth-order valence-electron chi connectivity index (χ4n) is 1.60. The lowest BCUT2D eigenvalue weighted by atomic mass is 10.1. The number of nitrogens with zero attached hydrogens (tertiary/aromatic N) is 4. The number of benzene rings is 1. The van der Waals surface area contributed by atoms with Gasteiger partial charge in [-0.2, -0.15) is 4.80 Å². The highest BCUT2D eigenvalue weighted by molar-refractivity contribution is 6.35. The summed E-state index contributed by atoms with van der Waals surface area (Å²) in [5.41, 5.74) is 0.991. The molecule has 18 heavy (non-hydrogen) atoms. The monoisotopic (exact) mass is 285 g/mol. The van der Waals surface area contributed by atoms with Crippen molar-refractivity contribution in [3.63, 3.8) is 0 Å². The molecule has 0 spiro atoms. The molecule has 0 aliphatic heterocycles.